The van der Waals surface area contributed by atoms with Crippen LogP contribution in [0.25, 0.3) is 32.2 Å². The Balaban J connectivity index is 1.39. The summed E-state index contributed by atoms with van der Waals surface area (Å²) in [7, 11) is 0. The molecule has 5 heterocycles. The molecule has 0 bridgehead atoms. The van der Waals surface area contributed by atoms with Crippen molar-refractivity contribution < 1.29 is 40.3 Å². The summed E-state index contributed by atoms with van der Waals surface area (Å²) in [4.78, 5) is 29.5. The molecule has 254 valence electrons. The first-order valence-corrected chi connectivity index (χ1v) is 15.9. The fourth-order valence-corrected chi connectivity index (χ4v) is 7.88. The van der Waals surface area contributed by atoms with Crippen LogP contribution in [0.3, 0.4) is 0 Å². The molecule has 1 atom stereocenters. The van der Waals surface area contributed by atoms with Crippen LogP contribution in [0.2, 0.25) is 0 Å². The number of hydrogen-bond acceptors (Lipinski definition) is 9. The minimum atomic E-state index is -5.09. The third kappa shape index (κ3) is 5.45. The number of nitrogen functional groups attached to an aromatic ring is 1. The van der Waals surface area contributed by atoms with Crippen molar-refractivity contribution in [1.29, 1.82) is 0 Å². The van der Waals surface area contributed by atoms with Gasteiger partial charge >= 0.3 is 12.2 Å². The highest BCUT2D eigenvalue weighted by Crippen LogP contribution is 2.48. The van der Waals surface area contributed by atoms with Crippen molar-refractivity contribution in [2.24, 2.45) is 0 Å². The Hall–Kier alpha value is -4.25. The highest BCUT2D eigenvalue weighted by atomic mass is 32.1. The molecule has 2 aromatic heterocycles. The van der Waals surface area contributed by atoms with Crippen molar-refractivity contribution in [3.8, 4) is 17.1 Å². The molecule has 3 aliphatic heterocycles. The molecule has 9 nitrogen and oxygen atoms in total. The van der Waals surface area contributed by atoms with E-state index in [4.69, 9.17) is 10.5 Å². The Morgan fingerprint density at radius 2 is 1.83 bits per heavy atom. The second-order valence-electron chi connectivity index (χ2n) is 12.2. The second-order valence-corrected chi connectivity index (χ2v) is 13.3. The van der Waals surface area contributed by atoms with Gasteiger partial charge in [0.1, 0.15) is 23.8 Å². The zero-order valence-corrected chi connectivity index (χ0v) is 26.0. The molecule has 17 heteroatoms. The molecule has 2 aromatic carbocycles. The van der Waals surface area contributed by atoms with Crippen LogP contribution >= 0.6 is 11.3 Å². The van der Waals surface area contributed by atoms with Crippen LogP contribution in [0.15, 0.2) is 30.9 Å². The average Bonchev–Trinajstić information content (AvgIpc) is 3.69. The Labute approximate surface area is 272 Å². The lowest BCUT2D eigenvalue weighted by molar-refractivity contribution is -0.137. The summed E-state index contributed by atoms with van der Waals surface area (Å²) in [5.74, 6) is -5.53. The van der Waals surface area contributed by atoms with Gasteiger partial charge in [-0.25, -0.2) is 22.5 Å². The topological polar surface area (TPSA) is 101 Å². The minimum absolute atomic E-state index is 0.0867. The molecule has 3 fully saturated rings. The molecule has 0 aliphatic carbocycles. The molecule has 2 N–H and O–H groups in total. The smallest absolute Gasteiger partial charge is 0.417 e. The van der Waals surface area contributed by atoms with Crippen LogP contribution in [-0.4, -0.2) is 88.0 Å². The van der Waals surface area contributed by atoms with Gasteiger partial charge < -0.3 is 20.3 Å². The number of piperazine rings is 1. The molecule has 1 amide bonds. The number of aromatic nitrogens is 3. The van der Waals surface area contributed by atoms with Gasteiger partial charge in [0.05, 0.1) is 27.9 Å². The van der Waals surface area contributed by atoms with Gasteiger partial charge in [-0.3, -0.25) is 9.69 Å². The highest BCUT2D eigenvalue weighted by molar-refractivity contribution is 7.22. The lowest BCUT2D eigenvalue weighted by Crippen LogP contribution is -2.48. The molecule has 0 radical (unpaired) electrons. The molecule has 3 saturated heterocycles. The summed E-state index contributed by atoms with van der Waals surface area (Å²) >= 11 is 0.707. The van der Waals surface area contributed by atoms with E-state index in [1.807, 2.05) is 0 Å². The molecule has 7 rings (SSSR count). The van der Waals surface area contributed by atoms with E-state index in [2.05, 4.69) is 21.5 Å². The number of rotatable bonds is 6. The average molecular weight is 696 g/mol. The minimum Gasteiger partial charge on any atom is -0.461 e. The third-order valence-corrected chi connectivity index (χ3v) is 10.2. The van der Waals surface area contributed by atoms with Gasteiger partial charge in [0.2, 0.25) is 5.91 Å². The van der Waals surface area contributed by atoms with Crippen molar-refractivity contribution in [3.63, 3.8) is 0 Å². The Morgan fingerprint density at radius 3 is 2.54 bits per heavy atom. The van der Waals surface area contributed by atoms with Crippen molar-refractivity contribution in [3.05, 3.63) is 48.1 Å². The van der Waals surface area contributed by atoms with Crippen LogP contribution in [-0.2, 0) is 11.0 Å². The van der Waals surface area contributed by atoms with Crippen LogP contribution < -0.4 is 15.4 Å². The van der Waals surface area contributed by atoms with Gasteiger partial charge in [-0.05, 0) is 43.7 Å². The van der Waals surface area contributed by atoms with Crippen LogP contribution in [0.4, 0.5) is 41.7 Å². The fraction of sp³-hybridized carbons (Fsp3) is 0.419. The maximum atomic E-state index is 16.8. The lowest BCUT2D eigenvalue weighted by Gasteiger charge is -2.35. The molecular weight excluding hydrogens is 667 g/mol. The number of nitrogens with two attached hydrogens (primary N) is 1. The number of hydrogen-bond donors (Lipinski definition) is 1. The summed E-state index contributed by atoms with van der Waals surface area (Å²) < 4.78 is 110. The van der Waals surface area contributed by atoms with Gasteiger partial charge in [-0.2, -0.15) is 23.1 Å². The van der Waals surface area contributed by atoms with E-state index in [0.29, 0.717) is 30.7 Å². The maximum absolute atomic E-state index is 16.8. The number of amides is 1. The number of thiazole rings is 1. The summed E-state index contributed by atoms with van der Waals surface area (Å²) in [5.41, 5.74) is 1.33. The Bertz CT molecular complexity index is 1960. The predicted molar refractivity (Wildman–Crippen MR) is 165 cm³/mol. The van der Waals surface area contributed by atoms with E-state index in [0.717, 1.165) is 24.3 Å². The zero-order chi connectivity index (χ0) is 34.2. The second kappa shape index (κ2) is 11.4. The predicted octanol–water partition coefficient (Wildman–Crippen LogP) is 5.87. The number of benzene rings is 2. The van der Waals surface area contributed by atoms with Gasteiger partial charge in [-0.1, -0.05) is 17.9 Å². The maximum Gasteiger partial charge on any atom is 0.417 e. The normalized spacial score (nSPS) is 21.3. The first-order valence-electron chi connectivity index (χ1n) is 15.1. The first-order chi connectivity index (χ1) is 22.7. The van der Waals surface area contributed by atoms with E-state index >= 15 is 4.39 Å². The number of carbonyl (C=O) groups excluding carboxylic acids is 1. The van der Waals surface area contributed by atoms with Gasteiger partial charge in [0, 0.05) is 49.1 Å². The standard InChI is InChI=1S/C31H28F7N7O2S/c1-2-20(46)43-8-10-44(11-9-43)26-17-12-18(31(36,37)38)21(16-4-5-19(32)25-24(16)40-27(39)48-25)22(33)23(17)41-28(42-26)47-15-29-6-3-7-45(29)14-30(34,35)13-29/h2,4-5,12H,1,3,6-11,13-15H2,(H2,39,40). The molecule has 48 heavy (non-hydrogen) atoms. The lowest BCUT2D eigenvalue weighted by atomic mass is 9.94. The van der Waals surface area contributed by atoms with E-state index < -0.39 is 64.9 Å². The quantitative estimate of drug-likeness (QED) is 0.198. The summed E-state index contributed by atoms with van der Waals surface area (Å²) in [6.45, 7) is 3.83. The summed E-state index contributed by atoms with van der Waals surface area (Å²) in [6, 6.07) is 2.23. The Morgan fingerprint density at radius 1 is 1.08 bits per heavy atom. The summed E-state index contributed by atoms with van der Waals surface area (Å²) in [5, 5.41) is -0.415. The third-order valence-electron chi connectivity index (χ3n) is 9.26. The first kappa shape index (κ1) is 32.3. The highest BCUT2D eigenvalue weighted by Gasteiger charge is 2.57. The van der Waals surface area contributed by atoms with Crippen molar-refractivity contribution >= 4 is 49.3 Å². The monoisotopic (exact) mass is 695 g/mol. The summed E-state index contributed by atoms with van der Waals surface area (Å²) in [6.07, 6.45) is -3.30. The van der Waals surface area contributed by atoms with E-state index in [1.54, 1.807) is 9.80 Å². The largest absolute Gasteiger partial charge is 0.461 e. The van der Waals surface area contributed by atoms with Crippen molar-refractivity contribution in [2.75, 3.05) is 56.5 Å². The van der Waals surface area contributed by atoms with Crippen LogP contribution in [0.5, 0.6) is 6.01 Å². The zero-order valence-electron chi connectivity index (χ0n) is 25.2. The number of nitrogens with zero attached hydrogens (tertiary/aromatic N) is 6. The SMILES string of the molecule is C=CC(=O)N1CCN(c2nc(OCC34CCCN3CC(F)(F)C4)nc3c(F)c(-c4ccc(F)c5sc(N)nc45)c(C(F)(F)F)cc23)CC1. The number of halogens is 7. The number of fused-ring (bicyclic) bond motifs is 3. The van der Waals surface area contributed by atoms with E-state index in [9.17, 15) is 31.1 Å². The molecular formula is C31H28F7N7O2S. The van der Waals surface area contributed by atoms with Gasteiger partial charge in [0.25, 0.3) is 5.92 Å². The molecule has 0 saturated carbocycles. The Kier molecular flexibility index (Phi) is 7.69. The van der Waals surface area contributed by atoms with Gasteiger partial charge in [0.15, 0.2) is 10.9 Å². The van der Waals surface area contributed by atoms with Crippen LogP contribution in [0, 0.1) is 11.6 Å². The van der Waals surface area contributed by atoms with E-state index in [1.165, 1.54) is 4.90 Å². The fourth-order valence-electron chi connectivity index (χ4n) is 7.12. The molecule has 0 spiro atoms. The number of anilines is 2. The van der Waals surface area contributed by atoms with Gasteiger partial charge in [-0.15, -0.1) is 0 Å². The van der Waals surface area contributed by atoms with Crippen LogP contribution in [0.1, 0.15) is 24.8 Å². The molecule has 1 unspecified atom stereocenters. The molecule has 3 aliphatic rings. The number of carbonyl (C=O) groups is 1. The van der Waals surface area contributed by atoms with Crippen molar-refractivity contribution in [1.82, 2.24) is 24.8 Å². The number of ether oxygens (including phenoxy) is 1. The van der Waals surface area contributed by atoms with E-state index in [-0.39, 0.29) is 70.8 Å². The molecule has 4 aromatic rings. The van der Waals surface area contributed by atoms with Crippen molar-refractivity contribution in [2.45, 2.75) is 36.9 Å². The number of alkyl halides is 5.